The quantitative estimate of drug-likeness (QED) is 0.513. The van der Waals surface area contributed by atoms with Crippen molar-refractivity contribution in [1.29, 1.82) is 5.26 Å². The van der Waals surface area contributed by atoms with Gasteiger partial charge in [-0.2, -0.15) is 5.26 Å². The number of pyridine rings is 1. The zero-order valence-corrected chi connectivity index (χ0v) is 19.4. The number of nitriles is 1. The number of carbonyl (C=O) groups is 2. The van der Waals surface area contributed by atoms with E-state index in [-0.39, 0.29) is 35.6 Å². The van der Waals surface area contributed by atoms with E-state index in [1.165, 1.54) is 0 Å². The summed E-state index contributed by atoms with van der Waals surface area (Å²) in [4.78, 5) is 37.9. The van der Waals surface area contributed by atoms with E-state index in [9.17, 15) is 14.9 Å². The molecule has 0 bridgehead atoms. The first kappa shape index (κ1) is 24.2. The highest BCUT2D eigenvalue weighted by molar-refractivity contribution is 5.94. The summed E-state index contributed by atoms with van der Waals surface area (Å²) >= 11 is 0. The summed E-state index contributed by atoms with van der Waals surface area (Å²) in [6.07, 6.45) is 5.85. The van der Waals surface area contributed by atoms with Crippen LogP contribution in [0.15, 0.2) is 12.3 Å². The number of amides is 2. The predicted molar refractivity (Wildman–Crippen MR) is 125 cm³/mol. The fourth-order valence-corrected chi connectivity index (χ4v) is 3.82. The third-order valence-electron chi connectivity index (χ3n) is 5.44. The average molecular weight is 454 g/mol. The zero-order valence-electron chi connectivity index (χ0n) is 19.4. The van der Waals surface area contributed by atoms with Gasteiger partial charge in [-0.1, -0.05) is 19.8 Å². The maximum absolute atomic E-state index is 12.9. The molecule has 176 valence electrons. The fraction of sp³-hybridized carbons (Fsp3) is 0.565. The van der Waals surface area contributed by atoms with Gasteiger partial charge in [-0.25, -0.2) is 19.7 Å². The number of nitrogens with zero attached hydrogens (tertiary/aromatic N) is 4. The van der Waals surface area contributed by atoms with Gasteiger partial charge in [-0.05, 0) is 45.6 Å². The molecule has 33 heavy (non-hydrogen) atoms. The lowest BCUT2D eigenvalue weighted by molar-refractivity contribution is -0.121. The van der Waals surface area contributed by atoms with E-state index in [2.05, 4.69) is 30.9 Å². The van der Waals surface area contributed by atoms with Crippen LogP contribution in [0.4, 0.5) is 16.6 Å². The lowest BCUT2D eigenvalue weighted by atomic mass is 9.85. The molecule has 2 aromatic rings. The van der Waals surface area contributed by atoms with E-state index in [4.69, 9.17) is 4.74 Å². The van der Waals surface area contributed by atoms with Crippen molar-refractivity contribution in [2.75, 3.05) is 17.2 Å². The van der Waals surface area contributed by atoms with Crippen LogP contribution in [0, 0.1) is 17.2 Å². The number of carbonyl (C=O) groups excluding carboxylic acids is 2. The molecular weight excluding hydrogens is 422 g/mol. The monoisotopic (exact) mass is 453 g/mol. The Bertz CT molecular complexity index is 1030. The molecular formula is C23H31N7O3. The highest BCUT2D eigenvalue weighted by atomic mass is 16.5. The van der Waals surface area contributed by atoms with E-state index >= 15 is 0 Å². The molecule has 10 nitrogen and oxygen atoms in total. The van der Waals surface area contributed by atoms with E-state index in [0.717, 1.165) is 32.1 Å². The number of fused-ring (bicyclic) bond motifs is 1. The van der Waals surface area contributed by atoms with Crippen molar-refractivity contribution in [3.05, 3.63) is 18.0 Å². The molecule has 10 heteroatoms. The highest BCUT2D eigenvalue weighted by Crippen LogP contribution is 2.26. The molecule has 0 spiro atoms. The average Bonchev–Trinajstić information content (AvgIpc) is 2.79. The van der Waals surface area contributed by atoms with Gasteiger partial charge < -0.3 is 15.4 Å². The first-order valence-electron chi connectivity index (χ1n) is 11.5. The van der Waals surface area contributed by atoms with Crippen LogP contribution in [0.5, 0.6) is 0 Å². The third-order valence-corrected chi connectivity index (χ3v) is 5.44. The minimum absolute atomic E-state index is 0.0861. The Morgan fingerprint density at radius 3 is 2.85 bits per heavy atom. The number of alkyl carbamates (subject to hydrolysis) is 1. The molecule has 3 N–H and O–H groups in total. The van der Waals surface area contributed by atoms with Gasteiger partial charge in [0.25, 0.3) is 0 Å². The van der Waals surface area contributed by atoms with Crippen LogP contribution in [0.3, 0.4) is 0 Å². The Morgan fingerprint density at radius 1 is 1.30 bits per heavy atom. The van der Waals surface area contributed by atoms with Crippen LogP contribution in [-0.4, -0.2) is 45.6 Å². The molecule has 0 unspecified atom stereocenters. The molecule has 0 radical (unpaired) electrons. The lowest BCUT2D eigenvalue weighted by Crippen LogP contribution is -2.41. The number of aromatic nitrogens is 3. The Kier molecular flexibility index (Phi) is 8.35. The van der Waals surface area contributed by atoms with Crippen LogP contribution in [-0.2, 0) is 9.53 Å². The largest absolute Gasteiger partial charge is 0.450 e. The Hall–Kier alpha value is -3.48. The molecule has 2 heterocycles. The summed E-state index contributed by atoms with van der Waals surface area (Å²) in [5.74, 6) is 0.215. The SMILES string of the molecule is CCCCOC(=O)N[C@@H]1CCC[C@H](C(=O)Nc2ncc3cc(C#N)nc(NC(C)C)c3n2)C1. The summed E-state index contributed by atoms with van der Waals surface area (Å²) in [5, 5.41) is 18.8. The van der Waals surface area contributed by atoms with Crippen LogP contribution in [0.1, 0.15) is 65.0 Å². The number of nitrogens with one attached hydrogen (secondary N) is 3. The number of hydrogen-bond acceptors (Lipinski definition) is 8. The molecule has 1 aliphatic carbocycles. The maximum Gasteiger partial charge on any atom is 0.407 e. The molecule has 2 aromatic heterocycles. The van der Waals surface area contributed by atoms with Crippen molar-refractivity contribution in [2.24, 2.45) is 5.92 Å². The molecule has 3 rings (SSSR count). The third kappa shape index (κ3) is 6.75. The van der Waals surface area contributed by atoms with Gasteiger partial charge in [0.1, 0.15) is 17.3 Å². The molecule has 0 aromatic carbocycles. The number of anilines is 2. The smallest absolute Gasteiger partial charge is 0.407 e. The first-order valence-corrected chi connectivity index (χ1v) is 11.5. The van der Waals surface area contributed by atoms with Gasteiger partial charge in [0.2, 0.25) is 11.9 Å². The van der Waals surface area contributed by atoms with Crippen molar-refractivity contribution in [3.8, 4) is 6.07 Å². The van der Waals surface area contributed by atoms with Gasteiger partial charge in [-0.15, -0.1) is 0 Å². The number of unbranched alkanes of at least 4 members (excludes halogenated alkanes) is 1. The lowest BCUT2D eigenvalue weighted by Gasteiger charge is -2.28. The molecule has 1 fully saturated rings. The molecule has 1 saturated carbocycles. The number of hydrogen-bond donors (Lipinski definition) is 3. The summed E-state index contributed by atoms with van der Waals surface area (Å²) in [5.41, 5.74) is 0.797. The number of rotatable bonds is 8. The van der Waals surface area contributed by atoms with Gasteiger partial charge in [-0.3, -0.25) is 10.1 Å². The van der Waals surface area contributed by atoms with E-state index in [1.54, 1.807) is 12.3 Å². The summed E-state index contributed by atoms with van der Waals surface area (Å²) < 4.78 is 5.17. The second kappa shape index (κ2) is 11.4. The van der Waals surface area contributed by atoms with Gasteiger partial charge in [0.15, 0.2) is 5.82 Å². The summed E-state index contributed by atoms with van der Waals surface area (Å²) in [6.45, 7) is 6.36. The first-order chi connectivity index (χ1) is 15.9. The van der Waals surface area contributed by atoms with E-state index in [1.807, 2.05) is 26.8 Å². The topological polar surface area (TPSA) is 142 Å². The van der Waals surface area contributed by atoms with Crippen molar-refractivity contribution in [1.82, 2.24) is 20.3 Å². The predicted octanol–water partition coefficient (Wildman–Crippen LogP) is 3.74. The Balaban J connectivity index is 1.67. The van der Waals surface area contributed by atoms with Gasteiger partial charge in [0, 0.05) is 29.6 Å². The Labute approximate surface area is 193 Å². The molecule has 0 saturated heterocycles. The van der Waals surface area contributed by atoms with Crippen molar-refractivity contribution < 1.29 is 14.3 Å². The highest BCUT2D eigenvalue weighted by Gasteiger charge is 2.29. The molecule has 0 aliphatic heterocycles. The summed E-state index contributed by atoms with van der Waals surface area (Å²) in [7, 11) is 0. The van der Waals surface area contributed by atoms with Gasteiger partial charge in [0.05, 0.1) is 6.61 Å². The summed E-state index contributed by atoms with van der Waals surface area (Å²) in [6, 6.07) is 3.64. The maximum atomic E-state index is 12.9. The molecule has 2 amide bonds. The van der Waals surface area contributed by atoms with Crippen molar-refractivity contribution >= 4 is 34.7 Å². The minimum atomic E-state index is -0.429. The minimum Gasteiger partial charge on any atom is -0.450 e. The van der Waals surface area contributed by atoms with E-state index < -0.39 is 6.09 Å². The second-order valence-electron chi connectivity index (χ2n) is 8.58. The van der Waals surface area contributed by atoms with Crippen LogP contribution in [0.2, 0.25) is 0 Å². The fourth-order valence-electron chi connectivity index (χ4n) is 3.82. The van der Waals surface area contributed by atoms with Crippen molar-refractivity contribution in [3.63, 3.8) is 0 Å². The van der Waals surface area contributed by atoms with Crippen LogP contribution in [0.25, 0.3) is 10.9 Å². The standard InChI is InChI=1S/C23H31N7O3/c1-4-5-9-33-23(32)28-17-8-6-7-15(10-17)21(31)30-22-25-13-16-11-18(12-24)27-20(19(16)29-22)26-14(2)3/h11,13-15,17H,4-10H2,1-3H3,(H,26,27)(H,28,32)(H,25,29,30,31)/t15-,17+/m0/s1. The van der Waals surface area contributed by atoms with Crippen LogP contribution >= 0.6 is 0 Å². The molecule has 1 aliphatic rings. The van der Waals surface area contributed by atoms with E-state index in [0.29, 0.717) is 29.7 Å². The Morgan fingerprint density at radius 2 is 2.12 bits per heavy atom. The number of ether oxygens (including phenoxy) is 1. The second-order valence-corrected chi connectivity index (χ2v) is 8.58. The molecule has 2 atom stereocenters. The van der Waals surface area contributed by atoms with Gasteiger partial charge >= 0.3 is 6.09 Å². The zero-order chi connectivity index (χ0) is 23.8. The van der Waals surface area contributed by atoms with Crippen molar-refractivity contribution in [2.45, 2.75) is 71.4 Å². The van der Waals surface area contributed by atoms with Crippen LogP contribution < -0.4 is 16.0 Å². The normalized spacial score (nSPS) is 17.9.